The van der Waals surface area contributed by atoms with Gasteiger partial charge in [-0.25, -0.2) is 5.43 Å². The second-order valence-corrected chi connectivity index (χ2v) is 2.49. The molecule has 1 saturated heterocycles. The van der Waals surface area contributed by atoms with Crippen molar-refractivity contribution in [1.29, 1.82) is 0 Å². The molecule has 70 valence electrons. The Morgan fingerprint density at radius 3 is 2.42 bits per heavy atom. The summed E-state index contributed by atoms with van der Waals surface area (Å²) in [6, 6.07) is -1.99. The molecule has 2 unspecified atom stereocenters. The number of hydrogen-bond acceptors (Lipinski definition) is 3. The number of halogens is 3. The fourth-order valence-electron chi connectivity index (χ4n) is 1.04. The smallest absolute Gasteiger partial charge is 0.406 e. The summed E-state index contributed by atoms with van der Waals surface area (Å²) in [6.45, 7) is -0.209. The van der Waals surface area contributed by atoms with Gasteiger partial charge in [0.2, 0.25) is 0 Å². The Bertz CT molecular complexity index is 194. The zero-order valence-electron chi connectivity index (χ0n) is 5.85. The quantitative estimate of drug-likeness (QED) is 0.524. The van der Waals surface area contributed by atoms with E-state index in [1.807, 2.05) is 5.43 Å². The molecule has 12 heavy (non-hydrogen) atoms. The van der Waals surface area contributed by atoms with E-state index in [2.05, 4.69) is 5.43 Å². The topological polar surface area (TPSA) is 61.4 Å². The normalized spacial score (nSPS) is 30.6. The van der Waals surface area contributed by atoms with E-state index in [4.69, 9.17) is 5.11 Å². The van der Waals surface area contributed by atoms with Crippen LogP contribution in [0.5, 0.6) is 0 Å². The first kappa shape index (κ1) is 9.27. The molecule has 2 atom stereocenters. The number of hydrazine groups is 1. The van der Waals surface area contributed by atoms with Crippen molar-refractivity contribution in [3.8, 4) is 0 Å². The summed E-state index contributed by atoms with van der Waals surface area (Å²) in [4.78, 5) is 10.3. The summed E-state index contributed by atoms with van der Waals surface area (Å²) in [7, 11) is 0. The molecule has 1 aliphatic rings. The molecule has 0 aromatic carbocycles. The molecule has 0 aromatic rings. The second-order valence-electron chi connectivity index (χ2n) is 2.49. The third-order valence-corrected chi connectivity index (χ3v) is 1.65. The van der Waals surface area contributed by atoms with E-state index >= 15 is 0 Å². The minimum Gasteiger partial charge on any atom is -0.481 e. The maximum atomic E-state index is 12.0. The van der Waals surface area contributed by atoms with Crippen LogP contribution in [0, 0.1) is 5.92 Å². The van der Waals surface area contributed by atoms with Crippen LogP contribution in [-0.2, 0) is 4.79 Å². The molecule has 3 N–H and O–H groups in total. The second kappa shape index (κ2) is 2.91. The largest absolute Gasteiger partial charge is 0.481 e. The number of hydrogen-bond donors (Lipinski definition) is 3. The van der Waals surface area contributed by atoms with Crippen molar-refractivity contribution in [3.63, 3.8) is 0 Å². The first-order valence-electron chi connectivity index (χ1n) is 3.21. The van der Waals surface area contributed by atoms with Gasteiger partial charge in [-0.3, -0.25) is 10.2 Å². The standard InChI is InChI=1S/C5H7F3N2O2/c6-5(7,8)3-2(4(11)12)1-9-10-3/h2-3,9-10H,1H2,(H,11,12). The summed E-state index contributed by atoms with van der Waals surface area (Å²) in [5.41, 5.74) is 4.03. The Morgan fingerprint density at radius 2 is 2.08 bits per heavy atom. The van der Waals surface area contributed by atoms with Crippen LogP contribution in [0.1, 0.15) is 0 Å². The molecule has 7 heteroatoms. The Labute approximate surface area is 65.7 Å². The van der Waals surface area contributed by atoms with Gasteiger partial charge in [0.05, 0.1) is 5.92 Å². The molecule has 1 rings (SSSR count). The lowest BCUT2D eigenvalue weighted by molar-refractivity contribution is -0.172. The van der Waals surface area contributed by atoms with Crippen molar-refractivity contribution in [2.24, 2.45) is 5.92 Å². The molecule has 1 heterocycles. The van der Waals surface area contributed by atoms with E-state index in [0.29, 0.717) is 0 Å². The molecule has 0 aromatic heterocycles. The van der Waals surface area contributed by atoms with Gasteiger partial charge in [-0.15, -0.1) is 0 Å². The molecule has 4 nitrogen and oxygen atoms in total. The average Bonchev–Trinajstić information content (AvgIpc) is 2.30. The summed E-state index contributed by atoms with van der Waals surface area (Å²) in [5, 5.41) is 8.37. The highest BCUT2D eigenvalue weighted by atomic mass is 19.4. The van der Waals surface area contributed by atoms with Crippen LogP contribution < -0.4 is 10.9 Å². The van der Waals surface area contributed by atoms with Crippen LogP contribution in [0.3, 0.4) is 0 Å². The van der Waals surface area contributed by atoms with Gasteiger partial charge in [0.25, 0.3) is 0 Å². The van der Waals surface area contributed by atoms with E-state index < -0.39 is 24.1 Å². The zero-order chi connectivity index (χ0) is 9.35. The molecule has 0 radical (unpaired) electrons. The zero-order valence-corrected chi connectivity index (χ0v) is 5.85. The van der Waals surface area contributed by atoms with E-state index in [9.17, 15) is 18.0 Å². The molecule has 1 fully saturated rings. The van der Waals surface area contributed by atoms with Gasteiger partial charge in [-0.2, -0.15) is 13.2 Å². The Morgan fingerprint density at radius 1 is 1.50 bits per heavy atom. The molecule has 0 bridgehead atoms. The number of alkyl halides is 3. The summed E-state index contributed by atoms with van der Waals surface area (Å²) in [5.74, 6) is -2.89. The van der Waals surface area contributed by atoms with Gasteiger partial charge >= 0.3 is 12.1 Å². The van der Waals surface area contributed by atoms with Gasteiger partial charge in [0.1, 0.15) is 6.04 Å². The average molecular weight is 184 g/mol. The lowest BCUT2D eigenvalue weighted by Crippen LogP contribution is -2.45. The molecule has 0 saturated carbocycles. The Balaban J connectivity index is 2.71. The van der Waals surface area contributed by atoms with Crippen molar-refractivity contribution < 1.29 is 23.1 Å². The maximum Gasteiger partial charge on any atom is 0.406 e. The highest BCUT2D eigenvalue weighted by molar-refractivity contribution is 5.71. The van der Waals surface area contributed by atoms with Gasteiger partial charge in [-0.05, 0) is 0 Å². The van der Waals surface area contributed by atoms with Crippen molar-refractivity contribution in [2.75, 3.05) is 6.54 Å². The number of carboxylic acids is 1. The third kappa shape index (κ3) is 1.67. The molecular weight excluding hydrogens is 177 g/mol. The van der Waals surface area contributed by atoms with Crippen LogP contribution >= 0.6 is 0 Å². The Hall–Kier alpha value is -0.820. The van der Waals surface area contributed by atoms with Crippen molar-refractivity contribution in [2.45, 2.75) is 12.2 Å². The summed E-state index contributed by atoms with van der Waals surface area (Å²) < 4.78 is 36.0. The van der Waals surface area contributed by atoms with Crippen LogP contribution in [0.2, 0.25) is 0 Å². The first-order chi connectivity index (χ1) is 5.43. The molecule has 0 amide bonds. The number of rotatable bonds is 1. The fraction of sp³-hybridized carbons (Fsp3) is 0.800. The minimum atomic E-state index is -4.52. The van der Waals surface area contributed by atoms with Gasteiger partial charge in [0, 0.05) is 6.54 Å². The Kier molecular flexibility index (Phi) is 2.25. The highest BCUT2D eigenvalue weighted by Crippen LogP contribution is 2.27. The molecule has 0 aliphatic carbocycles. The fourth-order valence-corrected chi connectivity index (χ4v) is 1.04. The van der Waals surface area contributed by atoms with E-state index in [1.165, 1.54) is 0 Å². The van der Waals surface area contributed by atoms with E-state index in [0.717, 1.165) is 0 Å². The SMILES string of the molecule is O=C(O)C1CNNC1C(F)(F)F. The molecule has 0 spiro atoms. The van der Waals surface area contributed by atoms with Crippen molar-refractivity contribution in [3.05, 3.63) is 0 Å². The van der Waals surface area contributed by atoms with E-state index in [-0.39, 0.29) is 6.54 Å². The highest BCUT2D eigenvalue weighted by Gasteiger charge is 2.50. The first-order valence-corrected chi connectivity index (χ1v) is 3.21. The van der Waals surface area contributed by atoms with Gasteiger partial charge in [-0.1, -0.05) is 0 Å². The minimum absolute atomic E-state index is 0.209. The number of nitrogens with one attached hydrogen (secondary N) is 2. The molecular formula is C5H7F3N2O2. The summed E-state index contributed by atoms with van der Waals surface area (Å²) in [6.07, 6.45) is -4.52. The van der Waals surface area contributed by atoms with Crippen molar-refractivity contribution >= 4 is 5.97 Å². The lowest BCUT2D eigenvalue weighted by atomic mass is 10.0. The summed E-state index contributed by atoms with van der Waals surface area (Å²) >= 11 is 0. The number of carbonyl (C=O) groups is 1. The monoisotopic (exact) mass is 184 g/mol. The lowest BCUT2D eigenvalue weighted by Gasteiger charge is -2.17. The number of aliphatic carboxylic acids is 1. The van der Waals surface area contributed by atoms with Gasteiger partial charge in [0.15, 0.2) is 0 Å². The molecule has 1 aliphatic heterocycles. The van der Waals surface area contributed by atoms with Crippen LogP contribution in [-0.4, -0.2) is 29.8 Å². The van der Waals surface area contributed by atoms with Gasteiger partial charge < -0.3 is 5.11 Å². The van der Waals surface area contributed by atoms with Crippen LogP contribution in [0.15, 0.2) is 0 Å². The third-order valence-electron chi connectivity index (χ3n) is 1.65. The van der Waals surface area contributed by atoms with Crippen LogP contribution in [0.25, 0.3) is 0 Å². The predicted molar refractivity (Wildman–Crippen MR) is 32.1 cm³/mol. The number of carboxylic acid groups (broad SMARTS) is 1. The predicted octanol–water partition coefficient (Wildman–Crippen LogP) is -0.274. The van der Waals surface area contributed by atoms with E-state index in [1.54, 1.807) is 0 Å². The maximum absolute atomic E-state index is 12.0. The van der Waals surface area contributed by atoms with Crippen molar-refractivity contribution in [1.82, 2.24) is 10.9 Å². The van der Waals surface area contributed by atoms with Crippen LogP contribution in [0.4, 0.5) is 13.2 Å².